The smallest absolute Gasteiger partial charge is 0.190 e. The van der Waals surface area contributed by atoms with Crippen LogP contribution < -0.4 is 10.1 Å². The molecule has 1 aromatic rings. The molecule has 1 unspecified atom stereocenters. The van der Waals surface area contributed by atoms with Crippen molar-refractivity contribution in [3.63, 3.8) is 0 Å². The zero-order valence-electron chi connectivity index (χ0n) is 13.0. The quantitative estimate of drug-likeness (QED) is 0.671. The van der Waals surface area contributed by atoms with E-state index in [2.05, 4.69) is 12.2 Å². The molecular weight excluding hydrogens is 276 g/mol. The molecule has 0 heterocycles. The van der Waals surface area contributed by atoms with E-state index in [-0.39, 0.29) is 11.7 Å². The first-order valence-corrected chi connectivity index (χ1v) is 7.38. The lowest BCUT2D eigenvalue weighted by Gasteiger charge is -2.14. The molecule has 5 heteroatoms. The molecule has 21 heavy (non-hydrogen) atoms. The van der Waals surface area contributed by atoms with Crippen molar-refractivity contribution in [2.24, 2.45) is 5.92 Å². The normalized spacial score (nSPS) is 12.4. The Morgan fingerprint density at radius 2 is 1.90 bits per heavy atom. The first kappa shape index (κ1) is 17.9. The summed E-state index contributed by atoms with van der Waals surface area (Å²) in [7, 11) is 1.60. The second-order valence-electron chi connectivity index (χ2n) is 5.26. The minimum Gasteiger partial charge on any atom is -0.487 e. The van der Waals surface area contributed by atoms with Crippen LogP contribution in [0, 0.1) is 17.6 Å². The summed E-state index contributed by atoms with van der Waals surface area (Å²) in [5.41, 5.74) is 0.551. The Hall–Kier alpha value is -1.20. The Labute approximate surface area is 125 Å². The van der Waals surface area contributed by atoms with Crippen LogP contribution in [0.15, 0.2) is 12.1 Å². The van der Waals surface area contributed by atoms with Gasteiger partial charge in [-0.1, -0.05) is 20.3 Å². The van der Waals surface area contributed by atoms with E-state index in [1.807, 2.05) is 6.92 Å². The van der Waals surface area contributed by atoms with E-state index in [1.165, 1.54) is 12.1 Å². The average molecular weight is 301 g/mol. The largest absolute Gasteiger partial charge is 0.487 e. The highest BCUT2D eigenvalue weighted by molar-refractivity contribution is 5.31. The second kappa shape index (κ2) is 9.68. The van der Waals surface area contributed by atoms with Crippen LogP contribution >= 0.6 is 0 Å². The van der Waals surface area contributed by atoms with Crippen LogP contribution in [0.4, 0.5) is 8.78 Å². The standard InChI is InChI=1S/C16H25F2NO2/c1-4-5-12(2)11-21-16-14(17)8-13(9-15(16)18)10-19-6-7-20-3/h8-9,12,19H,4-7,10-11H2,1-3H3. The molecular formula is C16H25F2NO2. The van der Waals surface area contributed by atoms with Crippen LogP contribution in [0.25, 0.3) is 0 Å². The first-order valence-electron chi connectivity index (χ1n) is 7.38. The van der Waals surface area contributed by atoms with Gasteiger partial charge in [0.25, 0.3) is 0 Å². The molecule has 3 nitrogen and oxygen atoms in total. The zero-order valence-corrected chi connectivity index (χ0v) is 13.0. The summed E-state index contributed by atoms with van der Waals surface area (Å²) in [4.78, 5) is 0. The van der Waals surface area contributed by atoms with Gasteiger partial charge in [-0.25, -0.2) is 8.78 Å². The van der Waals surface area contributed by atoms with Crippen molar-refractivity contribution in [1.29, 1.82) is 0 Å². The van der Waals surface area contributed by atoms with Gasteiger partial charge < -0.3 is 14.8 Å². The Morgan fingerprint density at radius 1 is 1.24 bits per heavy atom. The topological polar surface area (TPSA) is 30.5 Å². The summed E-state index contributed by atoms with van der Waals surface area (Å²) < 4.78 is 38.0. The molecule has 0 saturated heterocycles. The van der Waals surface area contributed by atoms with Crippen molar-refractivity contribution in [2.75, 3.05) is 26.9 Å². The third-order valence-corrected chi connectivity index (χ3v) is 3.16. The lowest BCUT2D eigenvalue weighted by molar-refractivity contribution is 0.199. The predicted octanol–water partition coefficient (Wildman–Crippen LogP) is 3.52. The van der Waals surface area contributed by atoms with Gasteiger partial charge in [-0.2, -0.15) is 0 Å². The Kier molecular flexibility index (Phi) is 8.23. The number of hydrogen-bond acceptors (Lipinski definition) is 3. The molecule has 1 aromatic carbocycles. The van der Waals surface area contributed by atoms with Crippen molar-refractivity contribution in [3.05, 3.63) is 29.3 Å². The molecule has 0 fully saturated rings. The number of benzene rings is 1. The number of halogens is 2. The van der Waals surface area contributed by atoms with Crippen LogP contribution in [0.1, 0.15) is 32.3 Å². The third kappa shape index (κ3) is 6.40. The fourth-order valence-electron chi connectivity index (χ4n) is 2.06. The SMILES string of the molecule is CCCC(C)COc1c(F)cc(CNCCOC)cc1F. The van der Waals surface area contributed by atoms with Crippen molar-refractivity contribution >= 4 is 0 Å². The van der Waals surface area contributed by atoms with Gasteiger partial charge in [0.15, 0.2) is 17.4 Å². The maximum atomic E-state index is 13.9. The molecule has 0 aliphatic carbocycles. The van der Waals surface area contributed by atoms with E-state index < -0.39 is 11.6 Å². The third-order valence-electron chi connectivity index (χ3n) is 3.16. The van der Waals surface area contributed by atoms with Crippen LogP contribution in [0.2, 0.25) is 0 Å². The van der Waals surface area contributed by atoms with Crippen molar-refractivity contribution < 1.29 is 18.3 Å². The maximum Gasteiger partial charge on any atom is 0.190 e. The van der Waals surface area contributed by atoms with Gasteiger partial charge in [-0.15, -0.1) is 0 Å². The van der Waals surface area contributed by atoms with Crippen LogP contribution in [0.3, 0.4) is 0 Å². The summed E-state index contributed by atoms with van der Waals surface area (Å²) in [6.45, 7) is 5.99. The molecule has 120 valence electrons. The van der Waals surface area contributed by atoms with E-state index in [1.54, 1.807) is 7.11 Å². The van der Waals surface area contributed by atoms with E-state index >= 15 is 0 Å². The molecule has 0 aromatic heterocycles. The monoisotopic (exact) mass is 301 g/mol. The minimum atomic E-state index is -0.651. The minimum absolute atomic E-state index is 0.279. The van der Waals surface area contributed by atoms with E-state index in [0.717, 1.165) is 12.8 Å². The number of methoxy groups -OCH3 is 1. The molecule has 0 aliphatic rings. The van der Waals surface area contributed by atoms with Crippen LogP contribution in [-0.4, -0.2) is 26.9 Å². The summed E-state index contributed by atoms with van der Waals surface area (Å²) in [5.74, 6) is -1.30. The fourth-order valence-corrected chi connectivity index (χ4v) is 2.06. The maximum absolute atomic E-state index is 13.9. The molecule has 1 N–H and O–H groups in total. The highest BCUT2D eigenvalue weighted by Gasteiger charge is 2.14. The Bertz CT molecular complexity index is 404. The van der Waals surface area contributed by atoms with Crippen LogP contribution in [-0.2, 0) is 11.3 Å². The molecule has 0 radical (unpaired) electrons. The van der Waals surface area contributed by atoms with E-state index in [0.29, 0.717) is 31.9 Å². The summed E-state index contributed by atoms with van der Waals surface area (Å²) in [6, 6.07) is 2.62. The summed E-state index contributed by atoms with van der Waals surface area (Å²) >= 11 is 0. The van der Waals surface area contributed by atoms with Gasteiger partial charge in [0, 0.05) is 20.2 Å². The molecule has 0 bridgehead atoms. The molecule has 1 atom stereocenters. The van der Waals surface area contributed by atoms with Crippen molar-refractivity contribution in [3.8, 4) is 5.75 Å². The summed E-state index contributed by atoms with van der Waals surface area (Å²) in [6.07, 6.45) is 2.01. The number of rotatable bonds is 10. The Balaban J connectivity index is 2.58. The second-order valence-corrected chi connectivity index (χ2v) is 5.26. The van der Waals surface area contributed by atoms with E-state index in [9.17, 15) is 8.78 Å². The summed E-state index contributed by atoms with van der Waals surface area (Å²) in [5, 5.41) is 3.04. The van der Waals surface area contributed by atoms with Gasteiger partial charge in [0.1, 0.15) is 0 Å². The van der Waals surface area contributed by atoms with Gasteiger partial charge >= 0.3 is 0 Å². The lowest BCUT2D eigenvalue weighted by atomic mass is 10.1. The number of nitrogens with one attached hydrogen (secondary N) is 1. The lowest BCUT2D eigenvalue weighted by Crippen LogP contribution is -2.19. The average Bonchev–Trinajstić information content (AvgIpc) is 2.43. The van der Waals surface area contributed by atoms with Gasteiger partial charge in [0.2, 0.25) is 0 Å². The Morgan fingerprint density at radius 3 is 2.48 bits per heavy atom. The first-order chi connectivity index (χ1) is 10.1. The molecule has 0 spiro atoms. The van der Waals surface area contributed by atoms with Crippen LogP contribution in [0.5, 0.6) is 5.75 Å². The molecule has 1 rings (SSSR count). The highest BCUT2D eigenvalue weighted by Crippen LogP contribution is 2.24. The predicted molar refractivity (Wildman–Crippen MR) is 79.5 cm³/mol. The fraction of sp³-hybridized carbons (Fsp3) is 0.625. The van der Waals surface area contributed by atoms with Gasteiger partial charge in [-0.05, 0) is 30.0 Å². The van der Waals surface area contributed by atoms with E-state index in [4.69, 9.17) is 9.47 Å². The molecule has 0 aliphatic heterocycles. The highest BCUT2D eigenvalue weighted by atomic mass is 19.1. The molecule has 0 amide bonds. The van der Waals surface area contributed by atoms with Crippen molar-refractivity contribution in [2.45, 2.75) is 33.2 Å². The molecule has 0 saturated carbocycles. The van der Waals surface area contributed by atoms with Crippen molar-refractivity contribution in [1.82, 2.24) is 5.32 Å². The van der Waals surface area contributed by atoms with Gasteiger partial charge in [-0.3, -0.25) is 0 Å². The number of ether oxygens (including phenoxy) is 2. The zero-order chi connectivity index (χ0) is 15.7. The number of hydrogen-bond donors (Lipinski definition) is 1. The van der Waals surface area contributed by atoms with Gasteiger partial charge in [0.05, 0.1) is 13.2 Å².